The summed E-state index contributed by atoms with van der Waals surface area (Å²) in [5, 5.41) is 3.25. The number of thioether (sulfide) groups is 1. The van der Waals surface area contributed by atoms with Gasteiger partial charge in [-0.2, -0.15) is 0 Å². The van der Waals surface area contributed by atoms with E-state index in [0.717, 1.165) is 11.3 Å². The van der Waals surface area contributed by atoms with Crippen LogP contribution in [0.2, 0.25) is 0 Å². The SMILES string of the molecule is CCSC(N)=Nc1ccc(CCNC(=O)OC(C)(C)C)cc1OC. The molecule has 0 heterocycles. The lowest BCUT2D eigenvalue weighted by Crippen LogP contribution is -2.33. The van der Waals surface area contributed by atoms with E-state index in [1.807, 2.05) is 45.9 Å². The lowest BCUT2D eigenvalue weighted by Gasteiger charge is -2.19. The highest BCUT2D eigenvalue weighted by Crippen LogP contribution is 2.29. The number of amides is 1. The lowest BCUT2D eigenvalue weighted by atomic mass is 10.1. The summed E-state index contributed by atoms with van der Waals surface area (Å²) in [7, 11) is 1.60. The van der Waals surface area contributed by atoms with Crippen molar-refractivity contribution in [1.82, 2.24) is 5.32 Å². The van der Waals surface area contributed by atoms with E-state index in [4.69, 9.17) is 15.2 Å². The van der Waals surface area contributed by atoms with Crippen molar-refractivity contribution in [3.05, 3.63) is 23.8 Å². The minimum atomic E-state index is -0.497. The van der Waals surface area contributed by atoms with Gasteiger partial charge >= 0.3 is 6.09 Å². The highest BCUT2D eigenvalue weighted by Gasteiger charge is 2.15. The summed E-state index contributed by atoms with van der Waals surface area (Å²) >= 11 is 1.48. The average Bonchev–Trinajstić information content (AvgIpc) is 2.47. The van der Waals surface area contributed by atoms with Crippen molar-refractivity contribution in [2.24, 2.45) is 10.7 Å². The van der Waals surface area contributed by atoms with Gasteiger partial charge in [0.05, 0.1) is 7.11 Å². The van der Waals surface area contributed by atoms with Gasteiger partial charge in [-0.05, 0) is 50.6 Å². The number of nitrogens with zero attached hydrogens (tertiary/aromatic N) is 1. The zero-order valence-electron chi connectivity index (χ0n) is 15.0. The number of carbonyl (C=O) groups excluding carboxylic acids is 1. The number of aliphatic imine (C=N–C) groups is 1. The fourth-order valence-corrected chi connectivity index (χ4v) is 2.35. The first-order valence-corrected chi connectivity index (χ1v) is 8.84. The Hall–Kier alpha value is -1.89. The summed E-state index contributed by atoms with van der Waals surface area (Å²) in [6.07, 6.45) is 0.249. The minimum Gasteiger partial charge on any atom is -0.494 e. The van der Waals surface area contributed by atoms with Gasteiger partial charge in [-0.3, -0.25) is 0 Å². The molecule has 0 unspecified atom stereocenters. The zero-order valence-corrected chi connectivity index (χ0v) is 15.8. The molecule has 24 heavy (non-hydrogen) atoms. The summed E-state index contributed by atoms with van der Waals surface area (Å²) in [5.41, 5.74) is 7.07. The molecule has 3 N–H and O–H groups in total. The van der Waals surface area contributed by atoms with Crippen LogP contribution < -0.4 is 15.8 Å². The Bertz CT molecular complexity index is 583. The Morgan fingerprint density at radius 1 is 1.38 bits per heavy atom. The van der Waals surface area contributed by atoms with Gasteiger partial charge in [0.15, 0.2) is 5.17 Å². The van der Waals surface area contributed by atoms with Gasteiger partial charge in [0.1, 0.15) is 17.0 Å². The van der Waals surface area contributed by atoms with Crippen LogP contribution in [0.1, 0.15) is 33.3 Å². The highest BCUT2D eigenvalue weighted by atomic mass is 32.2. The molecule has 0 aliphatic rings. The number of nitrogens with two attached hydrogens (primary N) is 1. The Morgan fingerprint density at radius 3 is 2.67 bits per heavy atom. The fraction of sp³-hybridized carbons (Fsp3) is 0.529. The Morgan fingerprint density at radius 2 is 2.08 bits per heavy atom. The van der Waals surface area contributed by atoms with Crippen LogP contribution >= 0.6 is 11.8 Å². The van der Waals surface area contributed by atoms with Crippen molar-refractivity contribution in [3.63, 3.8) is 0 Å². The third kappa shape index (κ3) is 7.59. The summed E-state index contributed by atoms with van der Waals surface area (Å²) < 4.78 is 10.6. The van der Waals surface area contributed by atoms with Crippen LogP contribution in [-0.2, 0) is 11.2 Å². The number of hydrogen-bond acceptors (Lipinski definition) is 5. The Kier molecular flexibility index (Phi) is 7.91. The second kappa shape index (κ2) is 9.42. The number of amidine groups is 1. The first-order valence-electron chi connectivity index (χ1n) is 7.86. The van der Waals surface area contributed by atoms with Crippen LogP contribution in [0.3, 0.4) is 0 Å². The van der Waals surface area contributed by atoms with Crippen LogP contribution in [0.5, 0.6) is 5.75 Å². The third-order valence-corrected chi connectivity index (χ3v) is 3.52. The normalized spacial score (nSPS) is 12.0. The molecule has 0 radical (unpaired) electrons. The molecule has 1 aromatic rings. The first-order chi connectivity index (χ1) is 11.2. The maximum atomic E-state index is 11.6. The van der Waals surface area contributed by atoms with Gasteiger partial charge in [0, 0.05) is 6.54 Å². The van der Waals surface area contributed by atoms with Crippen molar-refractivity contribution < 1.29 is 14.3 Å². The molecule has 0 saturated carbocycles. The number of rotatable bonds is 6. The largest absolute Gasteiger partial charge is 0.494 e. The molecule has 134 valence electrons. The van der Waals surface area contributed by atoms with Crippen molar-refractivity contribution in [1.29, 1.82) is 0 Å². The number of carbonyl (C=O) groups is 1. The van der Waals surface area contributed by atoms with E-state index in [1.54, 1.807) is 7.11 Å². The predicted octanol–water partition coefficient (Wildman–Crippen LogP) is 3.46. The fourth-order valence-electron chi connectivity index (χ4n) is 1.89. The first kappa shape index (κ1) is 20.2. The molecule has 0 atom stereocenters. The van der Waals surface area contributed by atoms with Crippen molar-refractivity contribution in [3.8, 4) is 5.75 Å². The number of ether oxygens (including phenoxy) is 2. The monoisotopic (exact) mass is 353 g/mol. The van der Waals surface area contributed by atoms with Crippen LogP contribution in [0, 0.1) is 0 Å². The van der Waals surface area contributed by atoms with E-state index in [9.17, 15) is 4.79 Å². The summed E-state index contributed by atoms with van der Waals surface area (Å²) in [4.78, 5) is 16.0. The van der Waals surface area contributed by atoms with Gasteiger partial charge < -0.3 is 20.5 Å². The van der Waals surface area contributed by atoms with E-state index in [1.165, 1.54) is 11.8 Å². The summed E-state index contributed by atoms with van der Waals surface area (Å²) in [6.45, 7) is 8.00. The molecule has 1 amide bonds. The third-order valence-electron chi connectivity index (χ3n) is 2.85. The van der Waals surface area contributed by atoms with Gasteiger partial charge in [0.25, 0.3) is 0 Å². The Labute approximate surface area is 148 Å². The molecule has 0 bridgehead atoms. The van der Waals surface area contributed by atoms with E-state index < -0.39 is 11.7 Å². The second-order valence-corrected chi connectivity index (χ2v) is 7.35. The lowest BCUT2D eigenvalue weighted by molar-refractivity contribution is 0.0528. The molecule has 1 aromatic carbocycles. The maximum Gasteiger partial charge on any atom is 0.407 e. The van der Waals surface area contributed by atoms with Crippen molar-refractivity contribution in [2.45, 2.75) is 39.7 Å². The molecule has 6 nitrogen and oxygen atoms in total. The van der Waals surface area contributed by atoms with Crippen molar-refractivity contribution in [2.75, 3.05) is 19.4 Å². The summed E-state index contributed by atoms with van der Waals surface area (Å²) in [6, 6.07) is 5.71. The van der Waals surface area contributed by atoms with Gasteiger partial charge in [-0.25, -0.2) is 9.79 Å². The standard InChI is InChI=1S/C17H27N3O3S/c1-6-24-15(18)20-13-8-7-12(11-14(13)22-5)9-10-19-16(21)23-17(2,3)4/h7-8,11H,6,9-10H2,1-5H3,(H2,18,20)(H,19,21). The molecule has 0 saturated heterocycles. The number of methoxy groups -OCH3 is 1. The zero-order chi connectivity index (χ0) is 18.2. The number of alkyl carbamates (subject to hydrolysis) is 1. The van der Waals surface area contributed by atoms with Crippen molar-refractivity contribution >= 4 is 28.7 Å². The Balaban J connectivity index is 2.65. The minimum absolute atomic E-state index is 0.417. The number of benzene rings is 1. The highest BCUT2D eigenvalue weighted by molar-refractivity contribution is 8.13. The number of hydrogen-bond donors (Lipinski definition) is 2. The van der Waals surface area contributed by atoms with Crippen LogP contribution in [-0.4, -0.2) is 36.3 Å². The molecule has 0 aromatic heterocycles. The molecular formula is C17H27N3O3S. The summed E-state index contributed by atoms with van der Waals surface area (Å²) in [5.74, 6) is 1.52. The second-order valence-electron chi connectivity index (χ2n) is 6.07. The topological polar surface area (TPSA) is 85.9 Å². The van der Waals surface area contributed by atoms with E-state index >= 15 is 0 Å². The predicted molar refractivity (Wildman–Crippen MR) is 100 cm³/mol. The van der Waals surface area contributed by atoms with Crippen LogP contribution in [0.25, 0.3) is 0 Å². The molecule has 0 aliphatic heterocycles. The van der Waals surface area contributed by atoms with E-state index in [2.05, 4.69) is 10.3 Å². The van der Waals surface area contributed by atoms with Gasteiger partial charge in [-0.1, -0.05) is 24.8 Å². The molecule has 1 rings (SSSR count). The molecule has 0 fully saturated rings. The van der Waals surface area contributed by atoms with E-state index in [-0.39, 0.29) is 0 Å². The molecule has 7 heteroatoms. The smallest absolute Gasteiger partial charge is 0.407 e. The number of nitrogens with one attached hydrogen (secondary N) is 1. The quantitative estimate of drug-likeness (QED) is 0.604. The van der Waals surface area contributed by atoms with Crippen LogP contribution in [0.4, 0.5) is 10.5 Å². The van der Waals surface area contributed by atoms with Crippen LogP contribution in [0.15, 0.2) is 23.2 Å². The van der Waals surface area contributed by atoms with Gasteiger partial charge in [0.2, 0.25) is 0 Å². The molecular weight excluding hydrogens is 326 g/mol. The maximum absolute atomic E-state index is 11.6. The van der Waals surface area contributed by atoms with Gasteiger partial charge in [-0.15, -0.1) is 0 Å². The molecule has 0 spiro atoms. The average molecular weight is 353 g/mol. The van der Waals surface area contributed by atoms with E-state index in [0.29, 0.717) is 29.6 Å². The molecule has 0 aliphatic carbocycles.